The Morgan fingerprint density at radius 3 is 2.60 bits per heavy atom. The lowest BCUT2D eigenvalue weighted by Gasteiger charge is -2.16. The van der Waals surface area contributed by atoms with Crippen LogP contribution in [0.3, 0.4) is 0 Å². The van der Waals surface area contributed by atoms with Crippen molar-refractivity contribution in [1.29, 1.82) is 0 Å². The standard InChI is InChI=1S/C17H19BrFN/c1-12-4-2-5-13(8-12)9-14(11-20)10-15-6-3-7-16(19)17(15)18/h2-8,14H,9-11,20H2,1H3. The molecule has 0 saturated heterocycles. The first-order chi connectivity index (χ1) is 9.60. The second kappa shape index (κ2) is 7.00. The average molecular weight is 336 g/mol. The predicted molar refractivity (Wildman–Crippen MR) is 85.2 cm³/mol. The van der Waals surface area contributed by atoms with E-state index in [-0.39, 0.29) is 5.82 Å². The summed E-state index contributed by atoms with van der Waals surface area (Å²) in [6.07, 6.45) is 1.70. The van der Waals surface area contributed by atoms with Gasteiger partial charge in [0.15, 0.2) is 0 Å². The minimum atomic E-state index is -0.214. The second-order valence-corrected chi connectivity index (χ2v) is 6.00. The highest BCUT2D eigenvalue weighted by atomic mass is 79.9. The fourth-order valence-electron chi connectivity index (χ4n) is 2.43. The molecule has 0 bridgehead atoms. The van der Waals surface area contributed by atoms with E-state index >= 15 is 0 Å². The zero-order valence-corrected chi connectivity index (χ0v) is 13.2. The molecule has 0 amide bonds. The minimum Gasteiger partial charge on any atom is -0.330 e. The lowest BCUT2D eigenvalue weighted by Crippen LogP contribution is -2.19. The molecule has 2 aromatic carbocycles. The van der Waals surface area contributed by atoms with Gasteiger partial charge in [-0.2, -0.15) is 0 Å². The Balaban J connectivity index is 2.11. The van der Waals surface area contributed by atoms with Gasteiger partial charge in [-0.25, -0.2) is 4.39 Å². The molecule has 3 heteroatoms. The third-order valence-electron chi connectivity index (χ3n) is 3.48. The second-order valence-electron chi connectivity index (χ2n) is 5.21. The van der Waals surface area contributed by atoms with Crippen LogP contribution in [-0.4, -0.2) is 6.54 Å². The summed E-state index contributed by atoms with van der Waals surface area (Å²) in [6, 6.07) is 13.6. The molecule has 0 saturated carbocycles. The number of rotatable bonds is 5. The van der Waals surface area contributed by atoms with Gasteiger partial charge < -0.3 is 5.73 Å². The molecule has 2 N–H and O–H groups in total. The maximum Gasteiger partial charge on any atom is 0.137 e. The largest absolute Gasteiger partial charge is 0.330 e. The van der Waals surface area contributed by atoms with Gasteiger partial charge in [0.1, 0.15) is 5.82 Å². The first-order valence-corrected chi connectivity index (χ1v) is 7.58. The molecule has 106 valence electrons. The molecule has 0 aliphatic rings. The van der Waals surface area contributed by atoms with Crippen molar-refractivity contribution in [2.24, 2.45) is 11.7 Å². The van der Waals surface area contributed by atoms with Crippen LogP contribution in [0.2, 0.25) is 0 Å². The molecule has 2 aromatic rings. The van der Waals surface area contributed by atoms with Gasteiger partial charge in [0.25, 0.3) is 0 Å². The first kappa shape index (κ1) is 15.2. The Hall–Kier alpha value is -1.19. The van der Waals surface area contributed by atoms with Crippen molar-refractivity contribution in [3.8, 4) is 0 Å². The van der Waals surface area contributed by atoms with Crippen molar-refractivity contribution in [2.75, 3.05) is 6.54 Å². The lowest BCUT2D eigenvalue weighted by atomic mass is 9.92. The molecule has 0 aliphatic heterocycles. The third-order valence-corrected chi connectivity index (χ3v) is 4.37. The molecule has 1 atom stereocenters. The molecule has 0 aliphatic carbocycles. The van der Waals surface area contributed by atoms with E-state index in [1.54, 1.807) is 6.07 Å². The quantitative estimate of drug-likeness (QED) is 0.868. The van der Waals surface area contributed by atoms with Crippen molar-refractivity contribution in [3.63, 3.8) is 0 Å². The molecule has 0 heterocycles. The van der Waals surface area contributed by atoms with Crippen LogP contribution >= 0.6 is 15.9 Å². The van der Waals surface area contributed by atoms with E-state index in [9.17, 15) is 4.39 Å². The van der Waals surface area contributed by atoms with Crippen LogP contribution in [0.15, 0.2) is 46.9 Å². The normalized spacial score (nSPS) is 12.4. The summed E-state index contributed by atoms with van der Waals surface area (Å²) in [6.45, 7) is 2.68. The molecule has 1 nitrogen and oxygen atoms in total. The van der Waals surface area contributed by atoms with E-state index in [0.29, 0.717) is 16.9 Å². The van der Waals surface area contributed by atoms with Crippen LogP contribution in [0, 0.1) is 18.7 Å². The van der Waals surface area contributed by atoms with Gasteiger partial charge in [-0.1, -0.05) is 42.0 Å². The molecule has 20 heavy (non-hydrogen) atoms. The maximum atomic E-state index is 13.5. The Morgan fingerprint density at radius 1 is 1.15 bits per heavy atom. The summed E-state index contributed by atoms with van der Waals surface area (Å²) in [5, 5.41) is 0. The maximum absolute atomic E-state index is 13.5. The van der Waals surface area contributed by atoms with E-state index in [0.717, 1.165) is 18.4 Å². The molecule has 0 spiro atoms. The fraction of sp³-hybridized carbons (Fsp3) is 0.294. The lowest BCUT2D eigenvalue weighted by molar-refractivity contribution is 0.528. The Bertz CT molecular complexity index is 583. The zero-order valence-electron chi connectivity index (χ0n) is 11.6. The molecular weight excluding hydrogens is 317 g/mol. The summed E-state index contributed by atoms with van der Waals surface area (Å²) in [7, 11) is 0. The number of halogens is 2. The van der Waals surface area contributed by atoms with Gasteiger partial charge in [0.2, 0.25) is 0 Å². The molecule has 0 radical (unpaired) electrons. The smallest absolute Gasteiger partial charge is 0.137 e. The molecular formula is C17H19BrFN. The zero-order chi connectivity index (χ0) is 14.5. The number of benzene rings is 2. The highest BCUT2D eigenvalue weighted by molar-refractivity contribution is 9.10. The van der Waals surface area contributed by atoms with Gasteiger partial charge in [-0.3, -0.25) is 0 Å². The first-order valence-electron chi connectivity index (χ1n) is 6.78. The summed E-state index contributed by atoms with van der Waals surface area (Å²) >= 11 is 3.32. The molecule has 0 aromatic heterocycles. The van der Waals surface area contributed by atoms with Crippen molar-refractivity contribution in [1.82, 2.24) is 0 Å². The SMILES string of the molecule is Cc1cccc(CC(CN)Cc2cccc(F)c2Br)c1. The number of hydrogen-bond acceptors (Lipinski definition) is 1. The molecule has 2 rings (SSSR count). The van der Waals surface area contributed by atoms with Crippen LogP contribution in [0.5, 0.6) is 0 Å². The van der Waals surface area contributed by atoms with Crippen molar-refractivity contribution >= 4 is 15.9 Å². The van der Waals surface area contributed by atoms with Crippen molar-refractivity contribution in [3.05, 3.63) is 69.4 Å². The number of aryl methyl sites for hydroxylation is 1. The van der Waals surface area contributed by atoms with Gasteiger partial charge in [-0.05, 0) is 65.4 Å². The average Bonchev–Trinajstić information content (AvgIpc) is 2.43. The molecule has 1 unspecified atom stereocenters. The minimum absolute atomic E-state index is 0.214. The van der Waals surface area contributed by atoms with E-state index in [4.69, 9.17) is 5.73 Å². The number of nitrogens with two attached hydrogens (primary N) is 1. The van der Waals surface area contributed by atoms with E-state index in [2.05, 4.69) is 47.1 Å². The summed E-state index contributed by atoms with van der Waals surface area (Å²) in [5.74, 6) is 0.101. The van der Waals surface area contributed by atoms with E-state index in [1.807, 2.05) is 6.07 Å². The Kier molecular flexibility index (Phi) is 5.32. The topological polar surface area (TPSA) is 26.0 Å². The van der Waals surface area contributed by atoms with Crippen LogP contribution < -0.4 is 5.73 Å². The number of hydrogen-bond donors (Lipinski definition) is 1. The summed E-state index contributed by atoms with van der Waals surface area (Å²) in [5.41, 5.74) is 9.41. The van der Waals surface area contributed by atoms with Gasteiger partial charge in [0.05, 0.1) is 4.47 Å². The van der Waals surface area contributed by atoms with E-state index in [1.165, 1.54) is 17.2 Å². The van der Waals surface area contributed by atoms with Gasteiger partial charge >= 0.3 is 0 Å². The van der Waals surface area contributed by atoms with E-state index < -0.39 is 0 Å². The summed E-state index contributed by atoms with van der Waals surface area (Å²) in [4.78, 5) is 0. The molecule has 0 fully saturated rings. The third kappa shape index (κ3) is 3.90. The summed E-state index contributed by atoms with van der Waals surface area (Å²) < 4.78 is 14.1. The fourth-order valence-corrected chi connectivity index (χ4v) is 2.85. The van der Waals surface area contributed by atoms with Crippen molar-refractivity contribution < 1.29 is 4.39 Å². The Labute approximate surface area is 128 Å². The predicted octanol–water partition coefficient (Wildman–Crippen LogP) is 4.26. The highest BCUT2D eigenvalue weighted by Gasteiger charge is 2.13. The Morgan fingerprint density at radius 2 is 1.90 bits per heavy atom. The van der Waals surface area contributed by atoms with Crippen molar-refractivity contribution in [2.45, 2.75) is 19.8 Å². The van der Waals surface area contributed by atoms with Crippen LogP contribution in [0.4, 0.5) is 4.39 Å². The highest BCUT2D eigenvalue weighted by Crippen LogP contribution is 2.24. The van der Waals surface area contributed by atoms with Crippen LogP contribution in [0.1, 0.15) is 16.7 Å². The van der Waals surface area contributed by atoms with Gasteiger partial charge in [0, 0.05) is 0 Å². The van der Waals surface area contributed by atoms with Crippen LogP contribution in [-0.2, 0) is 12.8 Å². The van der Waals surface area contributed by atoms with Gasteiger partial charge in [-0.15, -0.1) is 0 Å². The van der Waals surface area contributed by atoms with Crippen LogP contribution in [0.25, 0.3) is 0 Å². The monoisotopic (exact) mass is 335 g/mol.